The van der Waals surface area contributed by atoms with E-state index in [1.807, 2.05) is 0 Å². The van der Waals surface area contributed by atoms with Crippen LogP contribution in [0.25, 0.3) is 0 Å². The van der Waals surface area contributed by atoms with E-state index in [1.54, 1.807) is 0 Å². The topological polar surface area (TPSA) is 46.2 Å². The van der Waals surface area contributed by atoms with Crippen LogP contribution in [-0.2, 0) is 0 Å². The maximum Gasteiger partial charge on any atom is 0.163 e. The summed E-state index contributed by atoms with van der Waals surface area (Å²) in [5.74, 6) is -3.23. The lowest BCUT2D eigenvalue weighted by Crippen LogP contribution is -2.14. The van der Waals surface area contributed by atoms with Gasteiger partial charge < -0.3 is 10.8 Å². The number of halogens is 4. The summed E-state index contributed by atoms with van der Waals surface area (Å²) in [5, 5.41) is 8.54. The summed E-state index contributed by atoms with van der Waals surface area (Å²) in [6.07, 6.45) is 0.634. The molecule has 0 aliphatic rings. The van der Waals surface area contributed by atoms with Crippen molar-refractivity contribution in [3.8, 4) is 0 Å². The Balaban J connectivity index is 0.00000225. The van der Waals surface area contributed by atoms with Gasteiger partial charge in [0.05, 0.1) is 0 Å². The van der Waals surface area contributed by atoms with Gasteiger partial charge in [0, 0.05) is 24.3 Å². The number of aliphatic hydroxyl groups excluding tert-OH is 1. The minimum atomic E-state index is -1.25. The molecule has 0 spiro atoms. The zero-order chi connectivity index (χ0) is 11.4. The largest absolute Gasteiger partial charge is 0.396 e. The van der Waals surface area contributed by atoms with Gasteiger partial charge in [-0.25, -0.2) is 13.2 Å². The van der Waals surface area contributed by atoms with E-state index in [9.17, 15) is 13.2 Å². The van der Waals surface area contributed by atoms with Gasteiger partial charge in [0.15, 0.2) is 11.6 Å². The minimum absolute atomic E-state index is 0. The molecule has 0 heterocycles. The van der Waals surface area contributed by atoms with Gasteiger partial charge in [-0.1, -0.05) is 0 Å². The molecule has 16 heavy (non-hydrogen) atoms. The number of rotatable bonds is 4. The third-order valence-electron chi connectivity index (χ3n) is 2.09. The first kappa shape index (κ1) is 15.2. The number of hydrogen-bond donors (Lipinski definition) is 2. The number of hydrogen-bond acceptors (Lipinski definition) is 2. The smallest absolute Gasteiger partial charge is 0.163 e. The summed E-state index contributed by atoms with van der Waals surface area (Å²) in [6, 6.07) is 0.542. The van der Waals surface area contributed by atoms with E-state index < -0.39 is 23.5 Å². The molecular weight excluding hydrogens is 243 g/mol. The Kier molecular flexibility index (Phi) is 6.40. The van der Waals surface area contributed by atoms with Gasteiger partial charge in [0.1, 0.15) is 5.82 Å². The van der Waals surface area contributed by atoms with Crippen molar-refractivity contribution in [1.82, 2.24) is 0 Å². The van der Waals surface area contributed by atoms with Gasteiger partial charge in [0.2, 0.25) is 0 Å². The fourth-order valence-electron chi connectivity index (χ4n) is 1.31. The molecule has 2 nitrogen and oxygen atoms in total. The molecule has 0 saturated carbocycles. The lowest BCUT2D eigenvalue weighted by Gasteiger charge is -2.12. The van der Waals surface area contributed by atoms with Crippen LogP contribution < -0.4 is 5.73 Å². The fourth-order valence-corrected chi connectivity index (χ4v) is 1.31. The van der Waals surface area contributed by atoms with E-state index >= 15 is 0 Å². The van der Waals surface area contributed by atoms with Crippen LogP contribution >= 0.6 is 12.4 Å². The van der Waals surface area contributed by atoms with Crippen molar-refractivity contribution in [1.29, 1.82) is 0 Å². The normalized spacial score (nSPS) is 12.1. The predicted octanol–water partition coefficient (Wildman–Crippen LogP) is 2.30. The second-order valence-electron chi connectivity index (χ2n) is 3.26. The number of benzene rings is 1. The molecule has 0 fully saturated rings. The molecule has 0 amide bonds. The van der Waals surface area contributed by atoms with Crippen molar-refractivity contribution < 1.29 is 18.3 Å². The van der Waals surface area contributed by atoms with Crippen molar-refractivity contribution >= 4 is 12.4 Å². The molecule has 0 aliphatic heterocycles. The summed E-state index contributed by atoms with van der Waals surface area (Å²) in [7, 11) is 0. The van der Waals surface area contributed by atoms with E-state index in [0.29, 0.717) is 12.5 Å². The average molecular weight is 256 g/mol. The highest BCUT2D eigenvalue weighted by Crippen LogP contribution is 2.22. The summed E-state index contributed by atoms with van der Waals surface area (Å²) in [4.78, 5) is 0. The van der Waals surface area contributed by atoms with E-state index in [2.05, 4.69) is 0 Å². The SMILES string of the molecule is Cl.N[C@@H](CCCO)c1cc(F)cc(F)c1F. The zero-order valence-corrected chi connectivity index (χ0v) is 9.24. The quantitative estimate of drug-likeness (QED) is 0.811. The third-order valence-corrected chi connectivity index (χ3v) is 2.09. The third kappa shape index (κ3) is 3.66. The highest BCUT2D eigenvalue weighted by Gasteiger charge is 2.16. The zero-order valence-electron chi connectivity index (χ0n) is 8.42. The van der Waals surface area contributed by atoms with E-state index in [1.165, 1.54) is 0 Å². The number of nitrogens with two attached hydrogens (primary N) is 1. The molecule has 0 radical (unpaired) electrons. The van der Waals surface area contributed by atoms with Gasteiger partial charge in [-0.15, -0.1) is 12.4 Å². The maximum absolute atomic E-state index is 13.2. The Bertz CT molecular complexity index is 349. The highest BCUT2D eigenvalue weighted by molar-refractivity contribution is 5.85. The standard InChI is InChI=1S/C10H12F3NO.ClH/c11-6-4-7(9(14)2-1-3-15)10(13)8(12)5-6;/h4-5,9,15H,1-3,14H2;1H/t9-;/m0./s1. The Morgan fingerprint density at radius 3 is 2.44 bits per heavy atom. The first-order valence-corrected chi connectivity index (χ1v) is 4.57. The molecule has 0 saturated heterocycles. The van der Waals surface area contributed by atoms with Crippen LogP contribution in [0.2, 0.25) is 0 Å². The Hall–Kier alpha value is -0.780. The maximum atomic E-state index is 13.2. The molecule has 0 unspecified atom stereocenters. The molecule has 92 valence electrons. The van der Waals surface area contributed by atoms with Gasteiger partial charge in [-0.3, -0.25) is 0 Å². The van der Waals surface area contributed by atoms with Crippen molar-refractivity contribution in [3.05, 3.63) is 35.1 Å². The Morgan fingerprint density at radius 1 is 1.25 bits per heavy atom. The van der Waals surface area contributed by atoms with Crippen molar-refractivity contribution in [2.24, 2.45) is 5.73 Å². The lowest BCUT2D eigenvalue weighted by molar-refractivity contribution is 0.279. The van der Waals surface area contributed by atoms with Crippen LogP contribution in [0.15, 0.2) is 12.1 Å². The van der Waals surface area contributed by atoms with Crippen molar-refractivity contribution in [3.63, 3.8) is 0 Å². The molecule has 1 rings (SSSR count). The van der Waals surface area contributed by atoms with E-state index in [-0.39, 0.29) is 31.0 Å². The molecule has 0 aromatic heterocycles. The van der Waals surface area contributed by atoms with Crippen LogP contribution in [-0.4, -0.2) is 11.7 Å². The Labute approximate surface area is 97.7 Å². The summed E-state index contributed by atoms with van der Waals surface area (Å²) in [6.45, 7) is -0.0902. The van der Waals surface area contributed by atoms with Crippen LogP contribution in [0.4, 0.5) is 13.2 Å². The summed E-state index contributed by atoms with van der Waals surface area (Å²) in [5.41, 5.74) is 5.34. The molecule has 1 aromatic rings. The van der Waals surface area contributed by atoms with Crippen LogP contribution in [0, 0.1) is 17.5 Å². The van der Waals surface area contributed by atoms with Crippen molar-refractivity contribution in [2.45, 2.75) is 18.9 Å². The predicted molar refractivity (Wildman–Crippen MR) is 56.8 cm³/mol. The molecule has 6 heteroatoms. The van der Waals surface area contributed by atoms with Crippen LogP contribution in [0.5, 0.6) is 0 Å². The minimum Gasteiger partial charge on any atom is -0.396 e. The molecule has 1 atom stereocenters. The summed E-state index contributed by atoms with van der Waals surface area (Å²) >= 11 is 0. The van der Waals surface area contributed by atoms with Gasteiger partial charge in [-0.2, -0.15) is 0 Å². The van der Waals surface area contributed by atoms with Gasteiger partial charge in [0.25, 0.3) is 0 Å². The average Bonchev–Trinajstić information content (AvgIpc) is 2.19. The second kappa shape index (κ2) is 6.73. The van der Waals surface area contributed by atoms with Gasteiger partial charge in [-0.05, 0) is 18.9 Å². The molecule has 3 N–H and O–H groups in total. The van der Waals surface area contributed by atoms with E-state index in [0.717, 1.165) is 6.07 Å². The van der Waals surface area contributed by atoms with Crippen molar-refractivity contribution in [2.75, 3.05) is 6.61 Å². The monoisotopic (exact) mass is 255 g/mol. The fraction of sp³-hybridized carbons (Fsp3) is 0.400. The number of aliphatic hydroxyl groups is 1. The van der Waals surface area contributed by atoms with E-state index in [4.69, 9.17) is 10.8 Å². The molecule has 0 aliphatic carbocycles. The van der Waals surface area contributed by atoms with Crippen LogP contribution in [0.3, 0.4) is 0 Å². The first-order valence-electron chi connectivity index (χ1n) is 4.57. The Morgan fingerprint density at radius 2 is 1.88 bits per heavy atom. The first-order chi connectivity index (χ1) is 7.06. The lowest BCUT2D eigenvalue weighted by atomic mass is 10.0. The highest BCUT2D eigenvalue weighted by atomic mass is 35.5. The molecular formula is C10H13ClF3NO. The van der Waals surface area contributed by atoms with Gasteiger partial charge >= 0.3 is 0 Å². The van der Waals surface area contributed by atoms with Crippen LogP contribution in [0.1, 0.15) is 24.4 Å². The molecule has 1 aromatic carbocycles. The second-order valence-corrected chi connectivity index (χ2v) is 3.26. The summed E-state index contributed by atoms with van der Waals surface area (Å²) < 4.78 is 38.8. The molecule has 0 bridgehead atoms.